The standard InChI is InChI=1S/C23H26F3N3O3/c1-2-10-28-19-16(17(12-30)20(28)21(31)27-13-23(24,25)26)11-29-18(19)9-8-15(22(29)32)14-6-4-3-5-7-14/h3-9,16-17,19-20,30H,2,10-13H2,1H3,(H,27,31)/t16-,17-,19+,20-/m0/s1. The van der Waals surface area contributed by atoms with Gasteiger partial charge in [0, 0.05) is 36.2 Å². The van der Waals surface area contributed by atoms with Crippen LogP contribution in [0.3, 0.4) is 0 Å². The Morgan fingerprint density at radius 2 is 1.91 bits per heavy atom. The first kappa shape index (κ1) is 22.5. The van der Waals surface area contributed by atoms with Gasteiger partial charge in [-0.25, -0.2) is 0 Å². The molecule has 0 aliphatic carbocycles. The number of amides is 1. The van der Waals surface area contributed by atoms with Crippen LogP contribution in [0.5, 0.6) is 0 Å². The highest BCUT2D eigenvalue weighted by Crippen LogP contribution is 2.49. The molecule has 0 radical (unpaired) electrons. The van der Waals surface area contributed by atoms with Gasteiger partial charge in [0.25, 0.3) is 5.56 Å². The molecule has 2 aromatic rings. The number of likely N-dealkylation sites (tertiary alicyclic amines) is 1. The molecule has 32 heavy (non-hydrogen) atoms. The molecule has 4 rings (SSSR count). The van der Waals surface area contributed by atoms with Crippen LogP contribution in [-0.2, 0) is 11.3 Å². The predicted molar refractivity (Wildman–Crippen MR) is 113 cm³/mol. The topological polar surface area (TPSA) is 74.6 Å². The highest BCUT2D eigenvalue weighted by molar-refractivity contribution is 5.83. The Balaban J connectivity index is 1.70. The van der Waals surface area contributed by atoms with Crippen LogP contribution in [0.4, 0.5) is 13.2 Å². The van der Waals surface area contributed by atoms with Crippen molar-refractivity contribution in [1.29, 1.82) is 0 Å². The zero-order valence-electron chi connectivity index (χ0n) is 17.7. The lowest BCUT2D eigenvalue weighted by molar-refractivity contribution is -0.142. The zero-order valence-corrected chi connectivity index (χ0v) is 17.7. The van der Waals surface area contributed by atoms with Gasteiger partial charge in [0.05, 0.1) is 12.1 Å². The molecular weight excluding hydrogens is 423 g/mol. The number of carbonyl (C=O) groups excluding carboxylic acids is 1. The molecule has 9 heteroatoms. The molecule has 4 atom stereocenters. The van der Waals surface area contributed by atoms with E-state index < -0.39 is 30.6 Å². The molecule has 1 amide bonds. The number of aliphatic hydroxyl groups is 1. The molecule has 172 valence electrons. The van der Waals surface area contributed by atoms with Gasteiger partial charge in [0.1, 0.15) is 6.54 Å². The largest absolute Gasteiger partial charge is 0.405 e. The highest BCUT2D eigenvalue weighted by atomic mass is 19.4. The number of benzene rings is 1. The summed E-state index contributed by atoms with van der Waals surface area (Å²) in [5.41, 5.74) is 1.96. The number of hydrogen-bond donors (Lipinski definition) is 2. The molecule has 0 spiro atoms. The Kier molecular flexibility index (Phi) is 6.13. The Morgan fingerprint density at radius 1 is 1.19 bits per heavy atom. The van der Waals surface area contributed by atoms with Crippen LogP contribution in [0.15, 0.2) is 47.3 Å². The van der Waals surface area contributed by atoms with Gasteiger partial charge in [-0.3, -0.25) is 14.5 Å². The van der Waals surface area contributed by atoms with Crippen molar-refractivity contribution in [2.24, 2.45) is 11.8 Å². The lowest BCUT2D eigenvalue weighted by Gasteiger charge is -2.30. The van der Waals surface area contributed by atoms with Crippen molar-refractivity contribution >= 4 is 5.91 Å². The molecule has 0 unspecified atom stereocenters. The quantitative estimate of drug-likeness (QED) is 0.711. The smallest absolute Gasteiger partial charge is 0.396 e. The van der Waals surface area contributed by atoms with Crippen molar-refractivity contribution in [2.75, 3.05) is 19.7 Å². The van der Waals surface area contributed by atoms with Gasteiger partial charge in [0.2, 0.25) is 5.91 Å². The third kappa shape index (κ3) is 3.95. The fourth-order valence-electron chi connectivity index (χ4n) is 5.25. The number of hydrogen-bond acceptors (Lipinski definition) is 4. The molecule has 0 saturated carbocycles. The summed E-state index contributed by atoms with van der Waals surface area (Å²) in [5, 5.41) is 12.1. The first-order chi connectivity index (χ1) is 15.3. The van der Waals surface area contributed by atoms with Crippen LogP contribution >= 0.6 is 0 Å². The van der Waals surface area contributed by atoms with E-state index in [9.17, 15) is 27.9 Å². The first-order valence-corrected chi connectivity index (χ1v) is 10.8. The molecule has 2 aliphatic heterocycles. The number of fused-ring (bicyclic) bond motifs is 3. The second-order valence-corrected chi connectivity index (χ2v) is 8.42. The molecule has 6 nitrogen and oxygen atoms in total. The maximum atomic E-state index is 13.3. The van der Waals surface area contributed by atoms with Crippen LogP contribution < -0.4 is 10.9 Å². The van der Waals surface area contributed by atoms with Crippen molar-refractivity contribution in [3.63, 3.8) is 0 Å². The van der Waals surface area contributed by atoms with Crippen molar-refractivity contribution < 1.29 is 23.1 Å². The number of halogens is 3. The van der Waals surface area contributed by atoms with Gasteiger partial charge in [-0.15, -0.1) is 0 Å². The molecule has 2 N–H and O–H groups in total. The summed E-state index contributed by atoms with van der Waals surface area (Å²) in [5.74, 6) is -1.55. The van der Waals surface area contributed by atoms with Gasteiger partial charge in [-0.05, 0) is 30.7 Å². The van der Waals surface area contributed by atoms with Crippen molar-refractivity contribution in [3.8, 4) is 11.1 Å². The van der Waals surface area contributed by atoms with E-state index in [1.165, 1.54) is 0 Å². The van der Waals surface area contributed by atoms with Gasteiger partial charge >= 0.3 is 6.18 Å². The molecule has 3 heterocycles. The van der Waals surface area contributed by atoms with E-state index in [1.807, 2.05) is 53.5 Å². The summed E-state index contributed by atoms with van der Waals surface area (Å²) in [7, 11) is 0. The molecular formula is C23H26F3N3O3. The number of aromatic nitrogens is 1. The SMILES string of the molecule is CCCN1[C@H](C(=O)NCC(F)(F)F)[C@@H](CO)[C@@H]2Cn3c(ccc(-c4ccccc4)c3=O)[C@@H]21. The van der Waals surface area contributed by atoms with E-state index in [2.05, 4.69) is 0 Å². The lowest BCUT2D eigenvalue weighted by Crippen LogP contribution is -2.50. The van der Waals surface area contributed by atoms with Gasteiger partial charge < -0.3 is 15.0 Å². The van der Waals surface area contributed by atoms with Crippen molar-refractivity contribution in [3.05, 3.63) is 58.5 Å². The van der Waals surface area contributed by atoms with Crippen LogP contribution in [0.2, 0.25) is 0 Å². The van der Waals surface area contributed by atoms with Crippen LogP contribution in [-0.4, -0.2) is 52.4 Å². The highest BCUT2D eigenvalue weighted by Gasteiger charge is 2.55. The number of rotatable bonds is 6. The maximum Gasteiger partial charge on any atom is 0.405 e. The van der Waals surface area contributed by atoms with E-state index >= 15 is 0 Å². The molecule has 1 saturated heterocycles. The summed E-state index contributed by atoms with van der Waals surface area (Å²) in [6.45, 7) is 0.947. The molecule has 1 aromatic heterocycles. The average molecular weight is 449 g/mol. The fraction of sp³-hybridized carbons (Fsp3) is 0.478. The normalized spacial score (nSPS) is 24.9. The third-order valence-electron chi connectivity index (χ3n) is 6.49. The first-order valence-electron chi connectivity index (χ1n) is 10.8. The van der Waals surface area contributed by atoms with E-state index in [1.54, 1.807) is 10.6 Å². The summed E-state index contributed by atoms with van der Waals surface area (Å²) in [6.07, 6.45) is -3.83. The summed E-state index contributed by atoms with van der Waals surface area (Å²) in [4.78, 5) is 27.9. The van der Waals surface area contributed by atoms with E-state index in [0.29, 0.717) is 25.1 Å². The molecule has 1 fully saturated rings. The monoisotopic (exact) mass is 449 g/mol. The number of carbonyl (C=O) groups is 1. The van der Waals surface area contributed by atoms with Crippen molar-refractivity contribution in [2.45, 2.75) is 38.1 Å². The Morgan fingerprint density at radius 3 is 2.53 bits per heavy atom. The molecule has 2 aliphatic rings. The minimum Gasteiger partial charge on any atom is -0.396 e. The van der Waals surface area contributed by atoms with E-state index in [4.69, 9.17) is 0 Å². The summed E-state index contributed by atoms with van der Waals surface area (Å²) >= 11 is 0. The van der Waals surface area contributed by atoms with Crippen LogP contribution in [0, 0.1) is 11.8 Å². The number of nitrogens with zero attached hydrogens (tertiary/aromatic N) is 2. The predicted octanol–water partition coefficient (Wildman–Crippen LogP) is 2.57. The Hall–Kier alpha value is -2.65. The number of alkyl halides is 3. The summed E-state index contributed by atoms with van der Waals surface area (Å²) in [6, 6.07) is 11.7. The van der Waals surface area contributed by atoms with Gasteiger partial charge in [-0.2, -0.15) is 13.2 Å². The van der Waals surface area contributed by atoms with Crippen molar-refractivity contribution in [1.82, 2.24) is 14.8 Å². The van der Waals surface area contributed by atoms with Gasteiger partial charge in [0.15, 0.2) is 0 Å². The maximum absolute atomic E-state index is 13.3. The second-order valence-electron chi connectivity index (χ2n) is 8.42. The lowest BCUT2D eigenvalue weighted by atomic mass is 9.88. The van der Waals surface area contributed by atoms with Crippen LogP contribution in [0.1, 0.15) is 25.1 Å². The van der Waals surface area contributed by atoms with Gasteiger partial charge in [-0.1, -0.05) is 37.3 Å². The van der Waals surface area contributed by atoms with Crippen LogP contribution in [0.25, 0.3) is 11.1 Å². The Labute approximate surface area is 183 Å². The third-order valence-corrected chi connectivity index (χ3v) is 6.49. The number of pyridine rings is 1. The fourth-order valence-corrected chi connectivity index (χ4v) is 5.25. The zero-order chi connectivity index (χ0) is 23.0. The number of aliphatic hydroxyl groups excluding tert-OH is 1. The van der Waals surface area contributed by atoms with E-state index in [0.717, 1.165) is 11.3 Å². The number of nitrogens with one attached hydrogen (secondary N) is 1. The molecule has 1 aromatic carbocycles. The van der Waals surface area contributed by atoms with E-state index in [-0.39, 0.29) is 24.1 Å². The summed E-state index contributed by atoms with van der Waals surface area (Å²) < 4.78 is 39.7. The Bertz CT molecular complexity index is 1040. The minimum absolute atomic E-state index is 0.144. The molecule has 0 bridgehead atoms. The second kappa shape index (κ2) is 8.71. The average Bonchev–Trinajstić information content (AvgIpc) is 3.28. The minimum atomic E-state index is -4.51.